The summed E-state index contributed by atoms with van der Waals surface area (Å²) in [6, 6.07) is 0.0810. The van der Waals surface area contributed by atoms with Crippen molar-refractivity contribution in [1.82, 2.24) is 14.7 Å². The number of urea groups is 1. The summed E-state index contributed by atoms with van der Waals surface area (Å²) >= 11 is 0. The van der Waals surface area contributed by atoms with Crippen LogP contribution in [0.1, 0.15) is 13.8 Å². The summed E-state index contributed by atoms with van der Waals surface area (Å²) in [6.07, 6.45) is 0. The van der Waals surface area contributed by atoms with Crippen molar-refractivity contribution >= 4 is 6.03 Å². The topological polar surface area (TPSA) is 36.0 Å². The van der Waals surface area contributed by atoms with Crippen LogP contribution in [0.15, 0.2) is 0 Å². The van der Waals surface area contributed by atoms with Crippen LogP contribution in [0.4, 0.5) is 4.79 Å². The Hall–Kier alpha value is -0.810. The van der Waals surface area contributed by atoms with Crippen molar-refractivity contribution < 1.29 is 9.53 Å². The Labute approximate surface area is 104 Å². The van der Waals surface area contributed by atoms with E-state index in [9.17, 15) is 4.79 Å². The number of carbonyl (C=O) groups excluding carboxylic acids is 1. The second kappa shape index (κ2) is 5.69. The van der Waals surface area contributed by atoms with Gasteiger partial charge in [0, 0.05) is 27.2 Å². The Morgan fingerprint density at radius 2 is 1.82 bits per heavy atom. The fraction of sp³-hybridized carbons (Fsp3) is 0.917. The van der Waals surface area contributed by atoms with Crippen LogP contribution < -0.4 is 0 Å². The number of carbonyl (C=O) groups is 1. The van der Waals surface area contributed by atoms with Gasteiger partial charge in [-0.2, -0.15) is 0 Å². The van der Waals surface area contributed by atoms with Crippen molar-refractivity contribution in [2.75, 3.05) is 53.9 Å². The summed E-state index contributed by atoms with van der Waals surface area (Å²) in [5, 5.41) is 0. The van der Waals surface area contributed by atoms with E-state index in [1.807, 2.05) is 18.7 Å². The first-order valence-corrected chi connectivity index (χ1v) is 6.31. The van der Waals surface area contributed by atoms with Crippen molar-refractivity contribution in [2.24, 2.45) is 0 Å². The second-order valence-electron chi connectivity index (χ2n) is 4.80. The first-order chi connectivity index (χ1) is 8.02. The Kier molecular flexibility index (Phi) is 4.77. The van der Waals surface area contributed by atoms with E-state index in [1.54, 1.807) is 19.0 Å². The van der Waals surface area contributed by atoms with Crippen molar-refractivity contribution in [1.29, 1.82) is 0 Å². The van der Waals surface area contributed by atoms with E-state index in [4.69, 9.17) is 4.74 Å². The van der Waals surface area contributed by atoms with E-state index >= 15 is 0 Å². The number of hydrogen-bond acceptors (Lipinski definition) is 3. The lowest BCUT2D eigenvalue weighted by Gasteiger charge is -2.53. The number of amides is 2. The van der Waals surface area contributed by atoms with Crippen LogP contribution in [-0.2, 0) is 4.74 Å². The van der Waals surface area contributed by atoms with Crippen LogP contribution in [0, 0.1) is 0 Å². The zero-order valence-electron chi connectivity index (χ0n) is 11.7. The maximum absolute atomic E-state index is 11.6. The Morgan fingerprint density at radius 3 is 2.29 bits per heavy atom. The summed E-state index contributed by atoms with van der Waals surface area (Å²) in [4.78, 5) is 17.3. The van der Waals surface area contributed by atoms with E-state index in [1.165, 1.54) is 0 Å². The molecule has 2 aliphatic heterocycles. The number of likely N-dealkylation sites (tertiary alicyclic amines) is 1. The zero-order valence-corrected chi connectivity index (χ0v) is 11.7. The minimum atomic E-state index is -0.0847. The molecular weight excluding hydrogens is 218 g/mol. The number of morpholine rings is 1. The largest absolute Gasteiger partial charge is 0.369 e. The molecule has 2 aliphatic rings. The van der Waals surface area contributed by atoms with Crippen LogP contribution in [-0.4, -0.2) is 80.3 Å². The average Bonchev–Trinajstić information content (AvgIpc) is 2.27. The molecule has 2 rings (SSSR count). The van der Waals surface area contributed by atoms with Crippen LogP contribution in [0.5, 0.6) is 0 Å². The van der Waals surface area contributed by atoms with E-state index < -0.39 is 0 Å². The maximum atomic E-state index is 11.6. The van der Waals surface area contributed by atoms with E-state index in [-0.39, 0.29) is 11.6 Å². The molecule has 0 aromatic carbocycles. The number of ether oxygens (including phenoxy) is 1. The van der Waals surface area contributed by atoms with E-state index in [0.29, 0.717) is 0 Å². The molecule has 0 N–H and O–H groups in total. The Balaban J connectivity index is 0.000000686. The minimum Gasteiger partial charge on any atom is -0.369 e. The minimum absolute atomic E-state index is 0.0810. The van der Waals surface area contributed by atoms with Gasteiger partial charge in [0.15, 0.2) is 0 Å². The number of rotatable bonds is 0. The van der Waals surface area contributed by atoms with Crippen molar-refractivity contribution in [2.45, 2.75) is 19.4 Å². The lowest BCUT2D eigenvalue weighted by atomic mass is 9.92. The molecule has 5 heteroatoms. The maximum Gasteiger partial charge on any atom is 0.319 e. The third-order valence-electron chi connectivity index (χ3n) is 3.05. The third kappa shape index (κ3) is 3.10. The van der Waals surface area contributed by atoms with E-state index in [2.05, 4.69) is 11.9 Å². The summed E-state index contributed by atoms with van der Waals surface area (Å²) in [5.41, 5.74) is -0.0847. The first kappa shape index (κ1) is 14.3. The molecule has 100 valence electrons. The van der Waals surface area contributed by atoms with Gasteiger partial charge in [0.25, 0.3) is 0 Å². The molecule has 2 saturated heterocycles. The molecule has 0 radical (unpaired) electrons. The molecule has 1 spiro atoms. The fourth-order valence-corrected chi connectivity index (χ4v) is 2.29. The fourth-order valence-electron chi connectivity index (χ4n) is 2.29. The van der Waals surface area contributed by atoms with Gasteiger partial charge in [-0.1, -0.05) is 13.8 Å². The lowest BCUT2D eigenvalue weighted by Crippen LogP contribution is -2.71. The molecule has 0 atom stereocenters. The van der Waals surface area contributed by atoms with Crippen LogP contribution in [0.2, 0.25) is 0 Å². The molecule has 0 saturated carbocycles. The van der Waals surface area contributed by atoms with E-state index in [0.717, 1.165) is 32.8 Å². The molecule has 5 nitrogen and oxygen atoms in total. The number of nitrogens with zero attached hydrogens (tertiary/aromatic N) is 3. The van der Waals surface area contributed by atoms with Crippen LogP contribution in [0.25, 0.3) is 0 Å². The molecule has 0 aromatic heterocycles. The summed E-state index contributed by atoms with van der Waals surface area (Å²) in [7, 11) is 5.66. The molecular formula is C12H25N3O2. The predicted molar refractivity (Wildman–Crippen MR) is 68.2 cm³/mol. The van der Waals surface area contributed by atoms with Crippen LogP contribution >= 0.6 is 0 Å². The van der Waals surface area contributed by atoms with Gasteiger partial charge in [-0.25, -0.2) is 4.79 Å². The summed E-state index contributed by atoms with van der Waals surface area (Å²) < 4.78 is 5.78. The molecule has 0 aromatic rings. The molecule has 0 bridgehead atoms. The second-order valence-corrected chi connectivity index (χ2v) is 4.80. The SMILES string of the molecule is CC.CN1CCOC2(C1)CN(C(=O)N(C)C)C2. The normalized spacial score (nSPS) is 22.5. The average molecular weight is 243 g/mol. The Bertz CT molecular complexity index is 262. The van der Waals surface area contributed by atoms with Gasteiger partial charge in [-0.3, -0.25) is 0 Å². The highest BCUT2D eigenvalue weighted by Crippen LogP contribution is 2.29. The number of likely N-dealkylation sites (N-methyl/N-ethyl adjacent to an activating group) is 1. The van der Waals surface area contributed by atoms with Gasteiger partial charge in [0.05, 0.1) is 19.7 Å². The zero-order chi connectivity index (χ0) is 13.1. The highest BCUT2D eigenvalue weighted by molar-refractivity contribution is 5.75. The molecule has 2 amide bonds. The summed E-state index contributed by atoms with van der Waals surface area (Å²) in [5.74, 6) is 0. The number of hydrogen-bond donors (Lipinski definition) is 0. The molecule has 0 aliphatic carbocycles. The van der Waals surface area contributed by atoms with Gasteiger partial charge >= 0.3 is 6.03 Å². The van der Waals surface area contributed by atoms with Gasteiger partial charge in [0.2, 0.25) is 0 Å². The molecule has 2 heterocycles. The third-order valence-corrected chi connectivity index (χ3v) is 3.05. The monoisotopic (exact) mass is 243 g/mol. The lowest BCUT2D eigenvalue weighted by molar-refractivity contribution is -0.168. The van der Waals surface area contributed by atoms with Gasteiger partial charge in [-0.15, -0.1) is 0 Å². The van der Waals surface area contributed by atoms with Gasteiger partial charge in [-0.05, 0) is 7.05 Å². The molecule has 0 unspecified atom stereocenters. The highest BCUT2D eigenvalue weighted by atomic mass is 16.5. The Morgan fingerprint density at radius 1 is 1.24 bits per heavy atom. The summed E-state index contributed by atoms with van der Waals surface area (Å²) in [6.45, 7) is 8.16. The molecule has 2 fully saturated rings. The smallest absolute Gasteiger partial charge is 0.319 e. The molecule has 17 heavy (non-hydrogen) atoms. The van der Waals surface area contributed by atoms with Gasteiger partial charge in [0.1, 0.15) is 5.60 Å². The van der Waals surface area contributed by atoms with Crippen molar-refractivity contribution in [3.63, 3.8) is 0 Å². The van der Waals surface area contributed by atoms with Crippen molar-refractivity contribution in [3.05, 3.63) is 0 Å². The van der Waals surface area contributed by atoms with Gasteiger partial charge < -0.3 is 19.4 Å². The van der Waals surface area contributed by atoms with Crippen LogP contribution in [0.3, 0.4) is 0 Å². The predicted octanol–water partition coefficient (Wildman–Crippen LogP) is 0.711. The standard InChI is InChI=1S/C10H19N3O2.C2H6/c1-11(2)9(14)13-7-10(8-13)6-12(3)4-5-15-10;1-2/h4-8H2,1-3H3;1-2H3. The first-order valence-electron chi connectivity index (χ1n) is 6.31. The quantitative estimate of drug-likeness (QED) is 0.629. The highest BCUT2D eigenvalue weighted by Gasteiger charge is 2.48. The van der Waals surface area contributed by atoms with Crippen molar-refractivity contribution in [3.8, 4) is 0 Å².